The molecule has 3 atom stereocenters. The fourth-order valence-electron chi connectivity index (χ4n) is 5.26. The van der Waals surface area contributed by atoms with Crippen LogP contribution in [0.15, 0.2) is 86.0 Å². The van der Waals surface area contributed by atoms with Crippen LogP contribution in [0.5, 0.6) is 0 Å². The highest BCUT2D eigenvalue weighted by molar-refractivity contribution is 5.86. The van der Waals surface area contributed by atoms with Crippen molar-refractivity contribution >= 4 is 17.8 Å². The van der Waals surface area contributed by atoms with Gasteiger partial charge in [0.15, 0.2) is 0 Å². The highest BCUT2D eigenvalue weighted by Gasteiger charge is 2.35. The molecular formula is C33H42N2O5. The van der Waals surface area contributed by atoms with Crippen LogP contribution in [0, 0.1) is 11.8 Å². The number of rotatable bonds is 16. The molecule has 0 aliphatic heterocycles. The normalized spacial score (nSPS) is 16.2. The van der Waals surface area contributed by atoms with Crippen molar-refractivity contribution in [3.8, 4) is 0 Å². The molecule has 0 radical (unpaired) electrons. The number of nitrogens with one attached hydrogen (secondary N) is 2. The van der Waals surface area contributed by atoms with E-state index in [1.807, 2.05) is 60.7 Å². The molecule has 0 aromatic heterocycles. The standard InChI is InChI=1S/C33H42N2O5/c1-3-13-27(22-30(37)35-33(24-36)19-11-12-20-33)31(38)34-23-29(26-17-9-6-10-18-26)40-32(39)28(14-4-2)21-25-15-7-5-8-16-25/h3-10,15-18,27-29,36H,1-2,11-14,19-24H2,(H,34,38)(H,35,37)/t27-,28-,29-/m0/s1. The molecule has 0 bridgehead atoms. The van der Waals surface area contributed by atoms with Crippen LogP contribution in [0.3, 0.4) is 0 Å². The Morgan fingerprint density at radius 1 is 0.925 bits per heavy atom. The summed E-state index contributed by atoms with van der Waals surface area (Å²) in [4.78, 5) is 39.3. The van der Waals surface area contributed by atoms with Crippen molar-refractivity contribution in [2.75, 3.05) is 13.2 Å². The average Bonchev–Trinajstić information content (AvgIpc) is 3.44. The van der Waals surface area contributed by atoms with Gasteiger partial charge in [0, 0.05) is 6.42 Å². The topological polar surface area (TPSA) is 105 Å². The van der Waals surface area contributed by atoms with E-state index in [-0.39, 0.29) is 37.4 Å². The van der Waals surface area contributed by atoms with Crippen LogP contribution in [0.25, 0.3) is 0 Å². The van der Waals surface area contributed by atoms with E-state index in [0.717, 1.165) is 36.8 Å². The van der Waals surface area contributed by atoms with E-state index in [4.69, 9.17) is 4.74 Å². The number of hydrogen-bond acceptors (Lipinski definition) is 5. The van der Waals surface area contributed by atoms with E-state index in [1.54, 1.807) is 12.2 Å². The zero-order valence-corrected chi connectivity index (χ0v) is 23.2. The number of benzene rings is 2. The molecule has 0 spiro atoms. The van der Waals surface area contributed by atoms with Crippen molar-refractivity contribution in [2.45, 2.75) is 63.0 Å². The summed E-state index contributed by atoms with van der Waals surface area (Å²) in [6.45, 7) is 7.51. The number of carbonyl (C=O) groups excluding carboxylic acids is 3. The maximum Gasteiger partial charge on any atom is 0.310 e. The van der Waals surface area contributed by atoms with Gasteiger partial charge in [0.1, 0.15) is 6.10 Å². The summed E-state index contributed by atoms with van der Waals surface area (Å²) in [6, 6.07) is 19.0. The van der Waals surface area contributed by atoms with Gasteiger partial charge < -0.3 is 20.5 Å². The number of allylic oxidation sites excluding steroid dienone is 2. The van der Waals surface area contributed by atoms with E-state index in [9.17, 15) is 19.5 Å². The molecule has 0 unspecified atom stereocenters. The first kappa shape index (κ1) is 30.8. The largest absolute Gasteiger partial charge is 0.455 e. The lowest BCUT2D eigenvalue weighted by Crippen LogP contribution is -2.50. The Morgan fingerprint density at radius 3 is 2.12 bits per heavy atom. The number of carbonyl (C=O) groups is 3. The number of ether oxygens (including phenoxy) is 1. The van der Waals surface area contributed by atoms with Crippen molar-refractivity contribution < 1.29 is 24.2 Å². The number of aliphatic hydroxyl groups excluding tert-OH is 1. The minimum absolute atomic E-state index is 0.0200. The summed E-state index contributed by atoms with van der Waals surface area (Å²) >= 11 is 0. The first-order chi connectivity index (χ1) is 19.4. The third-order valence-corrected chi connectivity index (χ3v) is 7.52. The lowest BCUT2D eigenvalue weighted by Gasteiger charge is -2.29. The van der Waals surface area contributed by atoms with Crippen molar-refractivity contribution in [2.24, 2.45) is 11.8 Å². The number of hydrogen-bond donors (Lipinski definition) is 3. The highest BCUT2D eigenvalue weighted by atomic mass is 16.5. The molecule has 3 rings (SSSR count). The molecule has 1 fully saturated rings. The second-order valence-electron chi connectivity index (χ2n) is 10.6. The summed E-state index contributed by atoms with van der Waals surface area (Å²) in [5, 5.41) is 15.7. The Morgan fingerprint density at radius 2 is 1.52 bits per heavy atom. The molecule has 2 aromatic carbocycles. The van der Waals surface area contributed by atoms with Crippen LogP contribution in [-0.4, -0.2) is 41.6 Å². The summed E-state index contributed by atoms with van der Waals surface area (Å²) in [6.07, 6.45) is 7.29. The first-order valence-electron chi connectivity index (χ1n) is 14.1. The molecule has 214 valence electrons. The molecule has 2 aromatic rings. The fraction of sp³-hybridized carbons (Fsp3) is 0.424. The van der Waals surface area contributed by atoms with Gasteiger partial charge in [-0.05, 0) is 43.2 Å². The Balaban J connectivity index is 1.66. The second kappa shape index (κ2) is 15.8. The van der Waals surface area contributed by atoms with Gasteiger partial charge in [-0.1, -0.05) is 85.7 Å². The third kappa shape index (κ3) is 9.19. The van der Waals surface area contributed by atoms with Crippen LogP contribution in [-0.2, 0) is 25.5 Å². The van der Waals surface area contributed by atoms with Crippen molar-refractivity contribution in [3.63, 3.8) is 0 Å². The minimum atomic E-state index is -0.699. The van der Waals surface area contributed by atoms with Crippen LogP contribution in [0.2, 0.25) is 0 Å². The van der Waals surface area contributed by atoms with E-state index in [1.165, 1.54) is 0 Å². The van der Waals surface area contributed by atoms with Crippen molar-refractivity contribution in [1.82, 2.24) is 10.6 Å². The minimum Gasteiger partial charge on any atom is -0.455 e. The fourth-order valence-corrected chi connectivity index (χ4v) is 5.26. The third-order valence-electron chi connectivity index (χ3n) is 7.52. The van der Waals surface area contributed by atoms with Gasteiger partial charge in [0.25, 0.3) is 0 Å². The molecule has 1 aliphatic rings. The SMILES string of the molecule is C=CC[C@@H](CC(=O)NC1(CO)CCCC1)C(=O)NC[C@H](OC(=O)[C@@H](CC=C)Cc1ccccc1)c1ccccc1. The predicted molar refractivity (Wildman–Crippen MR) is 156 cm³/mol. The molecule has 1 aliphatic carbocycles. The van der Waals surface area contributed by atoms with E-state index < -0.39 is 23.5 Å². The molecule has 0 saturated heterocycles. The Bertz CT molecular complexity index is 1110. The lowest BCUT2D eigenvalue weighted by atomic mass is 9.95. The summed E-state index contributed by atoms with van der Waals surface area (Å²) in [5.41, 5.74) is 1.19. The van der Waals surface area contributed by atoms with Crippen molar-refractivity contribution in [1.29, 1.82) is 0 Å². The van der Waals surface area contributed by atoms with Gasteiger partial charge in [-0.2, -0.15) is 0 Å². The van der Waals surface area contributed by atoms with E-state index >= 15 is 0 Å². The van der Waals surface area contributed by atoms with Gasteiger partial charge in [0.05, 0.1) is 30.5 Å². The van der Waals surface area contributed by atoms with Gasteiger partial charge in [-0.15, -0.1) is 13.2 Å². The van der Waals surface area contributed by atoms with Gasteiger partial charge in [-0.25, -0.2) is 0 Å². The molecule has 7 nitrogen and oxygen atoms in total. The zero-order valence-electron chi connectivity index (χ0n) is 23.2. The quantitative estimate of drug-likeness (QED) is 0.207. The van der Waals surface area contributed by atoms with Crippen LogP contribution < -0.4 is 10.6 Å². The monoisotopic (exact) mass is 546 g/mol. The Kier molecular flexibility index (Phi) is 12.2. The smallest absolute Gasteiger partial charge is 0.310 e. The van der Waals surface area contributed by atoms with E-state index in [0.29, 0.717) is 19.3 Å². The van der Waals surface area contributed by atoms with Crippen molar-refractivity contribution in [3.05, 3.63) is 97.1 Å². The molecular weight excluding hydrogens is 504 g/mol. The van der Waals surface area contributed by atoms with E-state index in [2.05, 4.69) is 23.8 Å². The molecule has 1 saturated carbocycles. The summed E-state index contributed by atoms with van der Waals surface area (Å²) < 4.78 is 5.98. The zero-order chi connectivity index (χ0) is 28.8. The maximum absolute atomic E-state index is 13.3. The summed E-state index contributed by atoms with van der Waals surface area (Å²) in [7, 11) is 0. The van der Waals surface area contributed by atoms with Gasteiger partial charge in [-0.3, -0.25) is 14.4 Å². The average molecular weight is 547 g/mol. The number of esters is 1. The number of aliphatic hydroxyl groups is 1. The highest BCUT2D eigenvalue weighted by Crippen LogP contribution is 2.29. The number of amides is 2. The Labute approximate surface area is 237 Å². The predicted octanol–water partition coefficient (Wildman–Crippen LogP) is 4.83. The molecule has 3 N–H and O–H groups in total. The second-order valence-corrected chi connectivity index (χ2v) is 10.6. The van der Waals surface area contributed by atoms with Crippen LogP contribution >= 0.6 is 0 Å². The molecule has 0 heterocycles. The van der Waals surface area contributed by atoms with Gasteiger partial charge >= 0.3 is 5.97 Å². The van der Waals surface area contributed by atoms with Crippen LogP contribution in [0.1, 0.15) is 62.2 Å². The summed E-state index contributed by atoms with van der Waals surface area (Å²) in [5.74, 6) is -1.98. The first-order valence-corrected chi connectivity index (χ1v) is 14.1. The van der Waals surface area contributed by atoms with Gasteiger partial charge in [0.2, 0.25) is 11.8 Å². The molecule has 7 heteroatoms. The molecule has 40 heavy (non-hydrogen) atoms. The Hall–Kier alpha value is -3.71. The maximum atomic E-state index is 13.3. The molecule has 2 amide bonds. The lowest BCUT2D eigenvalue weighted by molar-refractivity contribution is -0.154. The van der Waals surface area contributed by atoms with Crippen LogP contribution in [0.4, 0.5) is 0 Å².